The molecule has 0 aromatic heterocycles. The average Bonchev–Trinajstić information content (AvgIpc) is 2.34. The summed E-state index contributed by atoms with van der Waals surface area (Å²) in [6, 6.07) is 9.42. The van der Waals surface area contributed by atoms with E-state index in [9.17, 15) is 0 Å². The molecule has 3 nitrogen and oxygen atoms in total. The van der Waals surface area contributed by atoms with Crippen LogP contribution in [-0.4, -0.2) is 32.3 Å². The van der Waals surface area contributed by atoms with Crippen molar-refractivity contribution in [3.05, 3.63) is 29.8 Å². The summed E-state index contributed by atoms with van der Waals surface area (Å²) >= 11 is 0. The van der Waals surface area contributed by atoms with E-state index in [2.05, 4.69) is 58.0 Å². The van der Waals surface area contributed by atoms with Gasteiger partial charge in [-0.2, -0.15) is 0 Å². The maximum absolute atomic E-state index is 6.55. The van der Waals surface area contributed by atoms with E-state index in [4.69, 9.17) is 13.0 Å². The van der Waals surface area contributed by atoms with Crippen molar-refractivity contribution in [1.82, 2.24) is 0 Å². The first-order valence-corrected chi connectivity index (χ1v) is 17.8. The Kier molecular flexibility index (Phi) is 7.28. The average molecular weight is 371 g/mol. The highest BCUT2D eigenvalue weighted by Crippen LogP contribution is 2.26. The summed E-state index contributed by atoms with van der Waals surface area (Å²) in [6.45, 7) is 15.8. The van der Waals surface area contributed by atoms with Crippen LogP contribution in [0, 0.1) is 0 Å². The molecule has 0 aliphatic carbocycles. The monoisotopic (exact) mass is 370 g/mol. The van der Waals surface area contributed by atoms with E-state index in [0.717, 1.165) is 24.6 Å². The molecule has 1 rings (SSSR count). The molecule has 1 aromatic rings. The topological polar surface area (TPSA) is 27.7 Å². The fraction of sp³-hybridized carbons (Fsp3) is 0.647. The van der Waals surface area contributed by atoms with Gasteiger partial charge in [0.2, 0.25) is 0 Å². The summed E-state index contributed by atoms with van der Waals surface area (Å²) in [5.41, 5.74) is 1.35. The smallest absolute Gasteiger partial charge is 0.314 e. The van der Waals surface area contributed by atoms with Crippen LogP contribution in [0.2, 0.25) is 51.9 Å². The molecule has 132 valence electrons. The predicted molar refractivity (Wildman–Crippen MR) is 107 cm³/mol. The standard InChI is InChI=1S/C17H34O3Si3/c1-18-17-13-11-16(12-14-17)10-9-15-23(8,19-21(2,3)4)20-22(5,6)7/h11-14H,9-10,15H2,1-8H3. The SMILES string of the molecule is COc1ccc(CCC[Si](C)(O[Si](C)(C)C)O[Si](C)(C)C)cc1. The molecule has 6 heteroatoms. The summed E-state index contributed by atoms with van der Waals surface area (Å²) in [7, 11) is -3.57. The predicted octanol–water partition coefficient (Wildman–Crippen LogP) is 5.40. The van der Waals surface area contributed by atoms with Crippen molar-refractivity contribution in [2.24, 2.45) is 0 Å². The largest absolute Gasteiger partial charge is 0.497 e. The van der Waals surface area contributed by atoms with Crippen LogP contribution < -0.4 is 4.74 Å². The molecule has 0 amide bonds. The highest BCUT2D eigenvalue weighted by atomic mass is 28.5. The van der Waals surface area contributed by atoms with Gasteiger partial charge in [0.15, 0.2) is 16.6 Å². The molecule has 0 N–H and O–H groups in total. The van der Waals surface area contributed by atoms with Gasteiger partial charge in [-0.1, -0.05) is 12.1 Å². The highest BCUT2D eigenvalue weighted by Gasteiger charge is 2.39. The van der Waals surface area contributed by atoms with Gasteiger partial charge in [-0.25, -0.2) is 0 Å². The summed E-state index contributed by atoms with van der Waals surface area (Å²) in [4.78, 5) is 0. The Labute approximate surface area is 145 Å². The molecule has 0 saturated heterocycles. The summed E-state index contributed by atoms with van der Waals surface area (Å²) in [5, 5.41) is 0. The van der Waals surface area contributed by atoms with E-state index in [1.807, 2.05) is 12.1 Å². The number of hydrogen-bond donors (Lipinski definition) is 0. The number of rotatable bonds is 9. The van der Waals surface area contributed by atoms with Crippen LogP contribution in [0.5, 0.6) is 5.75 Å². The van der Waals surface area contributed by atoms with Crippen molar-refractivity contribution in [3.63, 3.8) is 0 Å². The van der Waals surface area contributed by atoms with E-state index in [-0.39, 0.29) is 0 Å². The van der Waals surface area contributed by atoms with Crippen molar-refractivity contribution in [3.8, 4) is 5.75 Å². The molecule has 0 heterocycles. The number of methoxy groups -OCH3 is 1. The minimum absolute atomic E-state index is 0.914. The third kappa shape index (κ3) is 8.85. The second-order valence-corrected chi connectivity index (χ2v) is 21.1. The van der Waals surface area contributed by atoms with Gasteiger partial charge in [0.1, 0.15) is 5.75 Å². The Balaban J connectivity index is 2.65. The molecule has 0 unspecified atom stereocenters. The molecule has 0 aliphatic rings. The summed E-state index contributed by atoms with van der Waals surface area (Å²) in [6.07, 6.45) is 2.18. The van der Waals surface area contributed by atoms with Gasteiger partial charge < -0.3 is 13.0 Å². The van der Waals surface area contributed by atoms with Crippen molar-refractivity contribution in [1.29, 1.82) is 0 Å². The Morgan fingerprint density at radius 3 is 1.65 bits per heavy atom. The van der Waals surface area contributed by atoms with Crippen LogP contribution >= 0.6 is 0 Å². The molecule has 1 aromatic carbocycles. The lowest BCUT2D eigenvalue weighted by Gasteiger charge is -2.38. The van der Waals surface area contributed by atoms with Gasteiger partial charge in [-0.3, -0.25) is 0 Å². The molecule has 0 saturated carbocycles. The highest BCUT2D eigenvalue weighted by molar-refractivity contribution is 6.87. The molecular formula is C17H34O3Si3. The maximum atomic E-state index is 6.55. The Hall–Kier alpha value is -0.409. The van der Waals surface area contributed by atoms with Gasteiger partial charge in [0, 0.05) is 0 Å². The molecule has 0 atom stereocenters. The van der Waals surface area contributed by atoms with E-state index in [1.54, 1.807) is 7.11 Å². The second kappa shape index (κ2) is 8.11. The van der Waals surface area contributed by atoms with E-state index in [0.29, 0.717) is 0 Å². The first kappa shape index (κ1) is 20.6. The molecule has 0 radical (unpaired) electrons. The number of ether oxygens (including phenoxy) is 1. The van der Waals surface area contributed by atoms with Crippen LogP contribution in [-0.2, 0) is 14.7 Å². The van der Waals surface area contributed by atoms with Crippen LogP contribution in [0.25, 0.3) is 0 Å². The Morgan fingerprint density at radius 1 is 0.783 bits per heavy atom. The van der Waals surface area contributed by atoms with Gasteiger partial charge in [-0.15, -0.1) is 0 Å². The minimum atomic E-state index is -2.09. The van der Waals surface area contributed by atoms with Crippen LogP contribution in [0.1, 0.15) is 12.0 Å². The third-order valence-electron chi connectivity index (χ3n) is 3.30. The van der Waals surface area contributed by atoms with E-state index in [1.165, 1.54) is 5.56 Å². The van der Waals surface area contributed by atoms with Crippen LogP contribution in [0.3, 0.4) is 0 Å². The molecular weight excluding hydrogens is 336 g/mol. The molecule has 0 aliphatic heterocycles. The normalized spacial score (nSPS) is 13.2. The van der Waals surface area contributed by atoms with Gasteiger partial charge in [0.25, 0.3) is 0 Å². The Bertz CT molecular complexity index is 459. The van der Waals surface area contributed by atoms with Crippen molar-refractivity contribution in [2.45, 2.75) is 64.7 Å². The summed E-state index contributed by atoms with van der Waals surface area (Å²) < 4.78 is 18.3. The van der Waals surface area contributed by atoms with Crippen LogP contribution in [0.4, 0.5) is 0 Å². The Morgan fingerprint density at radius 2 is 1.26 bits per heavy atom. The second-order valence-electron chi connectivity index (χ2n) is 8.26. The van der Waals surface area contributed by atoms with E-state index < -0.39 is 25.2 Å². The van der Waals surface area contributed by atoms with Crippen molar-refractivity contribution < 1.29 is 13.0 Å². The lowest BCUT2D eigenvalue weighted by molar-refractivity contribution is 0.381. The number of hydrogen-bond acceptors (Lipinski definition) is 3. The fourth-order valence-corrected chi connectivity index (χ4v) is 15.4. The van der Waals surface area contributed by atoms with Gasteiger partial charge in [-0.05, 0) is 82.4 Å². The zero-order valence-electron chi connectivity index (χ0n) is 16.2. The lowest BCUT2D eigenvalue weighted by atomic mass is 10.1. The number of aryl methyl sites for hydroxylation is 1. The maximum Gasteiger partial charge on any atom is 0.314 e. The molecule has 0 bridgehead atoms. The fourth-order valence-electron chi connectivity index (χ4n) is 2.82. The zero-order valence-corrected chi connectivity index (χ0v) is 19.2. The van der Waals surface area contributed by atoms with Gasteiger partial charge in [0.05, 0.1) is 7.11 Å². The van der Waals surface area contributed by atoms with Crippen molar-refractivity contribution >= 4 is 25.2 Å². The lowest BCUT2D eigenvalue weighted by Crippen LogP contribution is -2.52. The third-order valence-corrected chi connectivity index (χ3v) is 12.9. The summed E-state index contributed by atoms with van der Waals surface area (Å²) in [5.74, 6) is 0.914. The molecule has 23 heavy (non-hydrogen) atoms. The van der Waals surface area contributed by atoms with Crippen LogP contribution in [0.15, 0.2) is 24.3 Å². The van der Waals surface area contributed by atoms with E-state index >= 15 is 0 Å². The minimum Gasteiger partial charge on any atom is -0.497 e. The van der Waals surface area contributed by atoms with Gasteiger partial charge >= 0.3 is 8.56 Å². The van der Waals surface area contributed by atoms with Crippen molar-refractivity contribution in [2.75, 3.05) is 7.11 Å². The molecule has 0 fully saturated rings. The molecule has 0 spiro atoms. The quantitative estimate of drug-likeness (QED) is 0.544. The zero-order chi connectivity index (χ0) is 17.7. The first-order valence-electron chi connectivity index (χ1n) is 8.46. The number of benzene rings is 1. The first-order chi connectivity index (χ1) is 10.4.